The lowest BCUT2D eigenvalue weighted by atomic mass is 10.3. The molecule has 0 aliphatic carbocycles. The van der Waals surface area contributed by atoms with Crippen LogP contribution in [-0.4, -0.2) is 8.42 Å². The zero-order valence-electron chi connectivity index (χ0n) is 5.89. The van der Waals surface area contributed by atoms with Gasteiger partial charge in [0.25, 0.3) is 9.05 Å². The largest absolute Gasteiger partial charge is 0.264 e. The summed E-state index contributed by atoms with van der Waals surface area (Å²) in [5, 5.41) is 0. The standard InChI is InChI=1S/C6H2BrClFIO2S/c7-3-1-4(10)6(9)5(2-3)13(8,11)12/h1-2H. The van der Waals surface area contributed by atoms with E-state index in [9.17, 15) is 12.8 Å². The highest BCUT2D eigenvalue weighted by molar-refractivity contribution is 14.1. The van der Waals surface area contributed by atoms with E-state index in [4.69, 9.17) is 10.7 Å². The molecule has 0 saturated carbocycles. The molecule has 0 spiro atoms. The predicted octanol–water partition coefficient (Wildman–Crippen LogP) is 3.12. The summed E-state index contributed by atoms with van der Waals surface area (Å²) in [4.78, 5) is -0.507. The van der Waals surface area contributed by atoms with E-state index >= 15 is 0 Å². The van der Waals surface area contributed by atoms with Gasteiger partial charge >= 0.3 is 0 Å². The third-order valence-electron chi connectivity index (χ3n) is 1.22. The highest BCUT2D eigenvalue weighted by Gasteiger charge is 2.18. The van der Waals surface area contributed by atoms with Crippen LogP contribution in [0, 0.1) is 9.39 Å². The smallest absolute Gasteiger partial charge is 0.207 e. The maximum atomic E-state index is 13.2. The van der Waals surface area contributed by atoms with Gasteiger partial charge in [-0.25, -0.2) is 12.8 Å². The minimum absolute atomic E-state index is 0.200. The van der Waals surface area contributed by atoms with Gasteiger partial charge in [0.2, 0.25) is 0 Å². The molecule has 72 valence electrons. The molecule has 7 heteroatoms. The second-order valence-corrected chi connectivity index (χ2v) is 6.75. The summed E-state index contributed by atoms with van der Waals surface area (Å²) in [6.45, 7) is 0. The van der Waals surface area contributed by atoms with E-state index in [2.05, 4.69) is 15.9 Å². The summed E-state index contributed by atoms with van der Waals surface area (Å²) in [7, 11) is 1.000. The fourth-order valence-corrected chi connectivity index (χ4v) is 3.48. The summed E-state index contributed by atoms with van der Waals surface area (Å²) in [6.07, 6.45) is 0. The van der Waals surface area contributed by atoms with Gasteiger partial charge in [0.05, 0.1) is 3.57 Å². The first kappa shape index (κ1) is 11.7. The fourth-order valence-electron chi connectivity index (χ4n) is 0.710. The van der Waals surface area contributed by atoms with Gasteiger partial charge in [0, 0.05) is 15.2 Å². The maximum Gasteiger partial charge on any atom is 0.264 e. The van der Waals surface area contributed by atoms with Crippen molar-refractivity contribution >= 4 is 58.3 Å². The molecule has 0 saturated heterocycles. The van der Waals surface area contributed by atoms with Gasteiger partial charge in [-0.2, -0.15) is 0 Å². The third-order valence-corrected chi connectivity index (χ3v) is 3.79. The number of benzene rings is 1. The Labute approximate surface area is 101 Å². The Hall–Kier alpha value is 0.600. The summed E-state index contributed by atoms with van der Waals surface area (Å²) < 4.78 is 35.6. The molecule has 0 aliphatic heterocycles. The summed E-state index contributed by atoms with van der Waals surface area (Å²) in [5.74, 6) is -0.821. The maximum absolute atomic E-state index is 13.2. The van der Waals surface area contributed by atoms with Crippen molar-refractivity contribution < 1.29 is 12.8 Å². The lowest BCUT2D eigenvalue weighted by Crippen LogP contribution is -1.97. The Kier molecular flexibility index (Phi) is 3.59. The van der Waals surface area contributed by atoms with Gasteiger partial charge in [-0.3, -0.25) is 0 Å². The molecule has 0 heterocycles. The van der Waals surface area contributed by atoms with E-state index in [0.29, 0.717) is 4.47 Å². The summed E-state index contributed by atoms with van der Waals surface area (Å²) >= 11 is 4.73. The van der Waals surface area contributed by atoms with Gasteiger partial charge in [0.15, 0.2) is 5.82 Å². The van der Waals surface area contributed by atoms with Gasteiger partial charge in [-0.15, -0.1) is 0 Å². The van der Waals surface area contributed by atoms with Gasteiger partial charge in [-0.1, -0.05) is 15.9 Å². The average molecular weight is 399 g/mol. The fraction of sp³-hybridized carbons (Fsp3) is 0. The minimum atomic E-state index is -4.02. The monoisotopic (exact) mass is 398 g/mol. The predicted molar refractivity (Wildman–Crippen MR) is 59.9 cm³/mol. The first-order valence-electron chi connectivity index (χ1n) is 2.91. The van der Waals surface area contributed by atoms with E-state index in [0.717, 1.165) is 6.07 Å². The SMILES string of the molecule is O=S(=O)(Cl)c1cc(Br)cc(I)c1F. The molecule has 13 heavy (non-hydrogen) atoms. The highest BCUT2D eigenvalue weighted by Crippen LogP contribution is 2.27. The summed E-state index contributed by atoms with van der Waals surface area (Å²) in [6, 6.07) is 2.58. The molecule has 0 atom stereocenters. The Morgan fingerprint density at radius 1 is 1.46 bits per heavy atom. The van der Waals surface area contributed by atoms with Crippen LogP contribution in [-0.2, 0) is 9.05 Å². The molecule has 0 N–H and O–H groups in total. The van der Waals surface area contributed by atoms with Crippen LogP contribution >= 0.6 is 49.2 Å². The number of hydrogen-bond donors (Lipinski definition) is 0. The van der Waals surface area contributed by atoms with Crippen LogP contribution in [0.5, 0.6) is 0 Å². The second-order valence-electron chi connectivity index (χ2n) is 2.14. The quantitative estimate of drug-likeness (QED) is 0.413. The number of rotatable bonds is 1. The molecule has 0 radical (unpaired) electrons. The molecular formula is C6H2BrClFIO2S. The van der Waals surface area contributed by atoms with Crippen LogP contribution in [0.2, 0.25) is 0 Å². The minimum Gasteiger partial charge on any atom is -0.207 e. The molecule has 1 rings (SSSR count). The molecule has 0 unspecified atom stereocenters. The van der Waals surface area contributed by atoms with E-state index in [-0.39, 0.29) is 3.57 Å². The van der Waals surface area contributed by atoms with Crippen LogP contribution in [0.4, 0.5) is 4.39 Å². The Morgan fingerprint density at radius 2 is 2.00 bits per heavy atom. The molecule has 0 fully saturated rings. The van der Waals surface area contributed by atoms with Crippen molar-refractivity contribution in [3.8, 4) is 0 Å². The van der Waals surface area contributed by atoms with Crippen molar-refractivity contribution in [3.05, 3.63) is 26.0 Å². The first-order chi connectivity index (χ1) is 5.82. The van der Waals surface area contributed by atoms with Crippen LogP contribution in [0.25, 0.3) is 0 Å². The third kappa shape index (κ3) is 2.77. The Balaban J connectivity index is 3.56. The van der Waals surface area contributed by atoms with Crippen molar-refractivity contribution in [1.82, 2.24) is 0 Å². The van der Waals surface area contributed by atoms with Crippen LogP contribution in [0.1, 0.15) is 0 Å². The molecule has 1 aromatic carbocycles. The zero-order chi connectivity index (χ0) is 10.2. The van der Waals surface area contributed by atoms with Crippen LogP contribution < -0.4 is 0 Å². The first-order valence-corrected chi connectivity index (χ1v) is 7.09. The normalized spacial score (nSPS) is 11.7. The van der Waals surface area contributed by atoms with E-state index in [1.54, 1.807) is 22.6 Å². The molecule has 0 bridgehead atoms. The van der Waals surface area contributed by atoms with Crippen molar-refractivity contribution in [2.24, 2.45) is 0 Å². The summed E-state index contributed by atoms with van der Waals surface area (Å²) in [5.41, 5.74) is 0. The van der Waals surface area contributed by atoms with Crippen molar-refractivity contribution in [2.75, 3.05) is 0 Å². The van der Waals surface area contributed by atoms with Gasteiger partial charge < -0.3 is 0 Å². The Morgan fingerprint density at radius 3 is 2.46 bits per heavy atom. The molecule has 1 aromatic rings. The highest BCUT2D eigenvalue weighted by atomic mass is 127. The van der Waals surface area contributed by atoms with E-state index in [1.165, 1.54) is 6.07 Å². The second kappa shape index (κ2) is 4.00. The lowest BCUT2D eigenvalue weighted by molar-refractivity contribution is 0.570. The molecule has 2 nitrogen and oxygen atoms in total. The Bertz CT molecular complexity index is 448. The molecular weight excluding hydrogens is 397 g/mol. The van der Waals surface area contributed by atoms with Crippen molar-refractivity contribution in [3.63, 3.8) is 0 Å². The topological polar surface area (TPSA) is 34.1 Å². The van der Waals surface area contributed by atoms with Crippen molar-refractivity contribution in [1.29, 1.82) is 0 Å². The van der Waals surface area contributed by atoms with Crippen LogP contribution in [0.3, 0.4) is 0 Å². The van der Waals surface area contributed by atoms with Crippen LogP contribution in [0.15, 0.2) is 21.5 Å². The van der Waals surface area contributed by atoms with Gasteiger partial charge in [0.1, 0.15) is 4.90 Å². The van der Waals surface area contributed by atoms with Crippen molar-refractivity contribution in [2.45, 2.75) is 4.90 Å². The molecule has 0 amide bonds. The van der Waals surface area contributed by atoms with E-state index < -0.39 is 19.8 Å². The number of halogens is 4. The van der Waals surface area contributed by atoms with E-state index in [1.807, 2.05) is 0 Å². The lowest BCUT2D eigenvalue weighted by Gasteiger charge is -2.01. The average Bonchev–Trinajstić information content (AvgIpc) is 1.94. The van der Waals surface area contributed by atoms with Gasteiger partial charge in [-0.05, 0) is 34.7 Å². The molecule has 0 aliphatic rings. The zero-order valence-corrected chi connectivity index (χ0v) is 11.2. The molecule has 0 aromatic heterocycles. The number of hydrogen-bond acceptors (Lipinski definition) is 2.